The van der Waals surface area contributed by atoms with Crippen LogP contribution in [-0.4, -0.2) is 54.9 Å². The summed E-state index contributed by atoms with van der Waals surface area (Å²) >= 11 is 1.63. The van der Waals surface area contributed by atoms with Gasteiger partial charge in [-0.3, -0.25) is 4.90 Å². The molecule has 1 saturated heterocycles. The topological polar surface area (TPSA) is 54.6 Å². The minimum absolute atomic E-state index is 0.699. The first-order valence-corrected chi connectivity index (χ1v) is 10.2. The zero-order chi connectivity index (χ0) is 18.5. The number of methoxy groups -OCH3 is 1. The lowest BCUT2D eigenvalue weighted by Gasteiger charge is -2.36. The predicted molar refractivity (Wildman–Crippen MR) is 108 cm³/mol. The first kappa shape index (κ1) is 18.0. The van der Waals surface area contributed by atoms with Gasteiger partial charge in [-0.2, -0.15) is 4.98 Å². The number of benzene rings is 1. The van der Waals surface area contributed by atoms with E-state index in [2.05, 4.69) is 32.1 Å². The lowest BCUT2D eigenvalue weighted by atomic mass is 10.2. The third kappa shape index (κ3) is 4.31. The fraction of sp³-hybridized carbons (Fsp3) is 0.400. The van der Waals surface area contributed by atoms with Crippen molar-refractivity contribution in [1.82, 2.24) is 15.0 Å². The summed E-state index contributed by atoms with van der Waals surface area (Å²) in [5, 5.41) is 6.10. The molecule has 0 atom stereocenters. The fourth-order valence-corrected chi connectivity index (χ4v) is 4.07. The Labute approximate surface area is 163 Å². The molecule has 0 radical (unpaired) electrons. The van der Waals surface area contributed by atoms with Crippen LogP contribution in [0.3, 0.4) is 0 Å². The van der Waals surface area contributed by atoms with Crippen molar-refractivity contribution in [1.29, 1.82) is 0 Å². The highest BCUT2D eigenvalue weighted by molar-refractivity contribution is 7.13. The van der Waals surface area contributed by atoms with E-state index in [1.807, 2.05) is 29.6 Å². The minimum atomic E-state index is 0.699. The van der Waals surface area contributed by atoms with Gasteiger partial charge in [-0.1, -0.05) is 23.4 Å². The number of nitrogens with zero attached hydrogens (tertiary/aromatic N) is 4. The second-order valence-corrected chi connectivity index (χ2v) is 7.54. The van der Waals surface area contributed by atoms with E-state index in [-0.39, 0.29) is 0 Å². The Bertz CT molecular complexity index is 841. The van der Waals surface area contributed by atoms with Crippen LogP contribution in [0.25, 0.3) is 10.7 Å². The summed E-state index contributed by atoms with van der Waals surface area (Å²) in [7, 11) is 1.73. The average Bonchev–Trinajstić information content (AvgIpc) is 3.40. The molecule has 0 unspecified atom stereocenters. The van der Waals surface area contributed by atoms with Crippen molar-refractivity contribution in [2.45, 2.75) is 12.8 Å². The van der Waals surface area contributed by atoms with Crippen LogP contribution in [0.2, 0.25) is 0 Å². The third-order valence-corrected chi connectivity index (χ3v) is 5.74. The van der Waals surface area contributed by atoms with Gasteiger partial charge >= 0.3 is 0 Å². The van der Waals surface area contributed by atoms with Gasteiger partial charge in [0.15, 0.2) is 0 Å². The van der Waals surface area contributed by atoms with Crippen LogP contribution in [-0.2, 0) is 6.42 Å². The maximum atomic E-state index is 5.49. The van der Waals surface area contributed by atoms with Gasteiger partial charge in [0.2, 0.25) is 11.7 Å². The number of aromatic nitrogens is 2. The Morgan fingerprint density at radius 2 is 1.96 bits per heavy atom. The lowest BCUT2D eigenvalue weighted by Crippen LogP contribution is -2.46. The van der Waals surface area contributed by atoms with E-state index >= 15 is 0 Å². The van der Waals surface area contributed by atoms with Crippen molar-refractivity contribution >= 4 is 17.0 Å². The SMILES string of the molecule is COc1ccccc1N1CCN(CCCc2nc(-c3cccs3)no2)CC1. The molecule has 1 aliphatic heterocycles. The molecule has 142 valence electrons. The maximum Gasteiger partial charge on any atom is 0.227 e. The number of para-hydroxylation sites is 2. The summed E-state index contributed by atoms with van der Waals surface area (Å²) in [6.45, 7) is 5.20. The van der Waals surface area contributed by atoms with Gasteiger partial charge in [-0.25, -0.2) is 0 Å². The monoisotopic (exact) mass is 384 g/mol. The quantitative estimate of drug-likeness (QED) is 0.621. The average molecular weight is 385 g/mol. The van der Waals surface area contributed by atoms with E-state index in [9.17, 15) is 0 Å². The third-order valence-electron chi connectivity index (χ3n) is 4.87. The van der Waals surface area contributed by atoms with Crippen LogP contribution >= 0.6 is 11.3 Å². The van der Waals surface area contributed by atoms with Gasteiger partial charge < -0.3 is 14.2 Å². The number of aryl methyl sites for hydroxylation is 1. The summed E-state index contributed by atoms with van der Waals surface area (Å²) in [5.74, 6) is 2.38. The van der Waals surface area contributed by atoms with Crippen molar-refractivity contribution in [3.8, 4) is 16.5 Å². The Hall–Kier alpha value is -2.38. The Morgan fingerprint density at radius 3 is 2.74 bits per heavy atom. The molecule has 6 nitrogen and oxygen atoms in total. The standard InChI is InChI=1S/C20H24N4O2S/c1-25-17-7-3-2-6-16(17)24-13-11-23(12-14-24)10-4-9-19-21-20(22-26-19)18-8-5-15-27-18/h2-3,5-8,15H,4,9-14H2,1H3. The van der Waals surface area contributed by atoms with E-state index in [4.69, 9.17) is 9.26 Å². The van der Waals surface area contributed by atoms with Gasteiger partial charge in [-0.15, -0.1) is 11.3 Å². The molecule has 0 bridgehead atoms. The molecule has 0 N–H and O–H groups in total. The highest BCUT2D eigenvalue weighted by Gasteiger charge is 2.19. The van der Waals surface area contributed by atoms with E-state index < -0.39 is 0 Å². The van der Waals surface area contributed by atoms with Gasteiger partial charge in [-0.05, 0) is 36.5 Å². The van der Waals surface area contributed by atoms with Crippen LogP contribution < -0.4 is 9.64 Å². The number of ether oxygens (including phenoxy) is 1. The predicted octanol–water partition coefficient (Wildman–Crippen LogP) is 3.56. The molecular weight excluding hydrogens is 360 g/mol. The minimum Gasteiger partial charge on any atom is -0.495 e. The molecule has 3 heterocycles. The first-order valence-electron chi connectivity index (χ1n) is 9.30. The summed E-state index contributed by atoms with van der Waals surface area (Å²) in [6, 6.07) is 12.3. The molecular formula is C20H24N4O2S. The first-order chi connectivity index (χ1) is 13.3. The molecule has 1 aromatic carbocycles. The molecule has 0 aliphatic carbocycles. The van der Waals surface area contributed by atoms with E-state index in [1.54, 1.807) is 18.4 Å². The second-order valence-electron chi connectivity index (χ2n) is 6.59. The Kier molecular flexibility index (Phi) is 5.69. The number of hydrogen-bond donors (Lipinski definition) is 0. The van der Waals surface area contributed by atoms with Crippen molar-refractivity contribution < 1.29 is 9.26 Å². The van der Waals surface area contributed by atoms with Crippen molar-refractivity contribution in [3.63, 3.8) is 0 Å². The van der Waals surface area contributed by atoms with Crippen molar-refractivity contribution in [2.75, 3.05) is 44.7 Å². The fourth-order valence-electron chi connectivity index (χ4n) is 3.42. The summed E-state index contributed by atoms with van der Waals surface area (Å²) in [4.78, 5) is 10.5. The highest BCUT2D eigenvalue weighted by Crippen LogP contribution is 2.28. The van der Waals surface area contributed by atoms with Crippen LogP contribution in [0.1, 0.15) is 12.3 Å². The molecule has 0 amide bonds. The van der Waals surface area contributed by atoms with E-state index in [1.165, 1.54) is 5.69 Å². The summed E-state index contributed by atoms with van der Waals surface area (Å²) in [6.07, 6.45) is 1.85. The van der Waals surface area contributed by atoms with Gasteiger partial charge in [0.25, 0.3) is 0 Å². The van der Waals surface area contributed by atoms with Crippen LogP contribution in [0.4, 0.5) is 5.69 Å². The molecule has 0 spiro atoms. The Balaban J connectivity index is 1.23. The molecule has 7 heteroatoms. The lowest BCUT2D eigenvalue weighted by molar-refractivity contribution is 0.250. The molecule has 2 aromatic heterocycles. The van der Waals surface area contributed by atoms with Crippen LogP contribution in [0, 0.1) is 0 Å². The number of piperazine rings is 1. The molecule has 3 aromatic rings. The number of hydrogen-bond acceptors (Lipinski definition) is 7. The summed E-state index contributed by atoms with van der Waals surface area (Å²) in [5.41, 5.74) is 1.19. The largest absolute Gasteiger partial charge is 0.495 e. The zero-order valence-corrected chi connectivity index (χ0v) is 16.3. The number of anilines is 1. The maximum absolute atomic E-state index is 5.49. The van der Waals surface area contributed by atoms with Gasteiger partial charge in [0.05, 0.1) is 17.7 Å². The van der Waals surface area contributed by atoms with E-state index in [0.717, 1.165) is 62.1 Å². The van der Waals surface area contributed by atoms with Crippen LogP contribution in [0.5, 0.6) is 5.75 Å². The van der Waals surface area contributed by atoms with Crippen LogP contribution in [0.15, 0.2) is 46.3 Å². The Morgan fingerprint density at radius 1 is 1.11 bits per heavy atom. The zero-order valence-electron chi connectivity index (χ0n) is 15.5. The summed E-state index contributed by atoms with van der Waals surface area (Å²) < 4.78 is 10.9. The van der Waals surface area contributed by atoms with Gasteiger partial charge in [0.1, 0.15) is 5.75 Å². The normalized spacial score (nSPS) is 15.2. The molecule has 1 fully saturated rings. The highest BCUT2D eigenvalue weighted by atomic mass is 32.1. The molecule has 4 rings (SSSR count). The molecule has 1 aliphatic rings. The van der Waals surface area contributed by atoms with Gasteiger partial charge in [0, 0.05) is 32.6 Å². The molecule has 27 heavy (non-hydrogen) atoms. The number of thiophene rings is 1. The number of rotatable bonds is 7. The van der Waals surface area contributed by atoms with E-state index in [0.29, 0.717) is 5.82 Å². The smallest absolute Gasteiger partial charge is 0.227 e. The second kappa shape index (κ2) is 8.54. The molecule has 0 saturated carbocycles. The van der Waals surface area contributed by atoms with Crippen molar-refractivity contribution in [2.24, 2.45) is 0 Å². The van der Waals surface area contributed by atoms with Crippen molar-refractivity contribution in [3.05, 3.63) is 47.7 Å².